The number of likely N-dealkylation sites (tertiary alicyclic amines) is 1. The number of nitrogens with one attached hydrogen (secondary N) is 1. The Labute approximate surface area is 140 Å². The van der Waals surface area contributed by atoms with E-state index in [9.17, 15) is 14.0 Å². The first kappa shape index (κ1) is 16.2. The average molecular weight is 326 g/mol. The SMILES string of the molecule is O=C(N[C@H](C(=O)N1CCCC1)c1ccccc1)c1ccccc1F. The van der Waals surface area contributed by atoms with Crippen LogP contribution in [0.1, 0.15) is 34.8 Å². The number of hydrogen-bond donors (Lipinski definition) is 1. The molecule has 0 bridgehead atoms. The fourth-order valence-corrected chi connectivity index (χ4v) is 2.91. The molecule has 1 saturated heterocycles. The molecule has 0 aromatic heterocycles. The van der Waals surface area contributed by atoms with Crippen LogP contribution in [0.5, 0.6) is 0 Å². The third kappa shape index (κ3) is 3.45. The Morgan fingerprint density at radius 3 is 2.25 bits per heavy atom. The Bertz CT molecular complexity index is 727. The Morgan fingerprint density at radius 1 is 0.958 bits per heavy atom. The number of halogens is 1. The van der Waals surface area contributed by atoms with Crippen LogP contribution in [0.15, 0.2) is 54.6 Å². The molecule has 0 aliphatic carbocycles. The van der Waals surface area contributed by atoms with E-state index in [4.69, 9.17) is 0 Å². The summed E-state index contributed by atoms with van der Waals surface area (Å²) >= 11 is 0. The van der Waals surface area contributed by atoms with Crippen molar-refractivity contribution >= 4 is 11.8 Å². The fourth-order valence-electron chi connectivity index (χ4n) is 2.91. The van der Waals surface area contributed by atoms with Crippen LogP contribution in [0.25, 0.3) is 0 Å². The molecule has 2 aromatic carbocycles. The summed E-state index contributed by atoms with van der Waals surface area (Å²) in [7, 11) is 0. The van der Waals surface area contributed by atoms with Gasteiger partial charge in [-0.15, -0.1) is 0 Å². The van der Waals surface area contributed by atoms with Gasteiger partial charge in [0.25, 0.3) is 5.91 Å². The first-order valence-corrected chi connectivity index (χ1v) is 8.06. The maximum atomic E-state index is 13.8. The molecule has 1 fully saturated rings. The molecular formula is C19H19FN2O2. The molecule has 124 valence electrons. The van der Waals surface area contributed by atoms with E-state index in [0.29, 0.717) is 18.7 Å². The predicted molar refractivity (Wildman–Crippen MR) is 88.9 cm³/mol. The Kier molecular flexibility index (Phi) is 4.89. The highest BCUT2D eigenvalue weighted by atomic mass is 19.1. The highest BCUT2D eigenvalue weighted by Crippen LogP contribution is 2.20. The number of rotatable bonds is 4. The largest absolute Gasteiger partial charge is 0.341 e. The molecule has 0 unspecified atom stereocenters. The summed E-state index contributed by atoms with van der Waals surface area (Å²) < 4.78 is 13.8. The summed E-state index contributed by atoms with van der Waals surface area (Å²) in [6, 6.07) is 14.0. The van der Waals surface area contributed by atoms with Crippen LogP contribution in [0.2, 0.25) is 0 Å². The van der Waals surface area contributed by atoms with E-state index in [0.717, 1.165) is 12.8 Å². The molecule has 3 rings (SSSR count). The summed E-state index contributed by atoms with van der Waals surface area (Å²) in [6.45, 7) is 1.38. The van der Waals surface area contributed by atoms with Gasteiger partial charge in [0.2, 0.25) is 5.91 Å². The molecule has 1 heterocycles. The molecule has 1 aliphatic rings. The van der Waals surface area contributed by atoms with Crippen LogP contribution in [0.3, 0.4) is 0 Å². The van der Waals surface area contributed by atoms with Crippen molar-refractivity contribution in [3.8, 4) is 0 Å². The first-order valence-electron chi connectivity index (χ1n) is 8.06. The number of hydrogen-bond acceptors (Lipinski definition) is 2. The molecule has 2 amide bonds. The van der Waals surface area contributed by atoms with Crippen LogP contribution in [0, 0.1) is 5.82 Å². The maximum Gasteiger partial charge on any atom is 0.255 e. The second kappa shape index (κ2) is 7.25. The number of carbonyl (C=O) groups is 2. The topological polar surface area (TPSA) is 49.4 Å². The van der Waals surface area contributed by atoms with Crippen molar-refractivity contribution in [1.29, 1.82) is 0 Å². The maximum absolute atomic E-state index is 13.8. The van der Waals surface area contributed by atoms with Crippen LogP contribution in [0.4, 0.5) is 4.39 Å². The van der Waals surface area contributed by atoms with E-state index < -0.39 is 17.8 Å². The number of amides is 2. The normalized spacial score (nSPS) is 15.1. The van der Waals surface area contributed by atoms with E-state index in [2.05, 4.69) is 5.32 Å². The van der Waals surface area contributed by atoms with Crippen LogP contribution < -0.4 is 5.32 Å². The van der Waals surface area contributed by atoms with Crippen LogP contribution in [-0.2, 0) is 4.79 Å². The summed E-state index contributed by atoms with van der Waals surface area (Å²) in [5.41, 5.74) is 0.631. The molecule has 1 atom stereocenters. The minimum atomic E-state index is -0.809. The highest BCUT2D eigenvalue weighted by Gasteiger charge is 2.29. The molecule has 1 aliphatic heterocycles. The average Bonchev–Trinajstić information content (AvgIpc) is 3.15. The van der Waals surface area contributed by atoms with E-state index in [1.807, 2.05) is 18.2 Å². The van der Waals surface area contributed by atoms with E-state index >= 15 is 0 Å². The number of carbonyl (C=O) groups excluding carboxylic acids is 2. The van der Waals surface area contributed by atoms with Gasteiger partial charge in [-0.3, -0.25) is 9.59 Å². The Morgan fingerprint density at radius 2 is 1.58 bits per heavy atom. The van der Waals surface area contributed by atoms with Crippen LogP contribution in [-0.4, -0.2) is 29.8 Å². The van der Waals surface area contributed by atoms with Gasteiger partial charge in [0, 0.05) is 13.1 Å². The highest BCUT2D eigenvalue weighted by molar-refractivity contribution is 5.98. The van der Waals surface area contributed by atoms with Crippen molar-refractivity contribution < 1.29 is 14.0 Å². The van der Waals surface area contributed by atoms with Gasteiger partial charge in [-0.05, 0) is 30.5 Å². The minimum Gasteiger partial charge on any atom is -0.341 e. The lowest BCUT2D eigenvalue weighted by molar-refractivity contribution is -0.132. The first-order chi connectivity index (χ1) is 11.7. The molecule has 0 radical (unpaired) electrons. The van der Waals surface area contributed by atoms with E-state index in [1.54, 1.807) is 23.1 Å². The monoisotopic (exact) mass is 326 g/mol. The van der Waals surface area contributed by atoms with Gasteiger partial charge in [0.1, 0.15) is 11.9 Å². The van der Waals surface area contributed by atoms with Gasteiger partial charge < -0.3 is 10.2 Å². The van der Waals surface area contributed by atoms with Gasteiger partial charge in [-0.2, -0.15) is 0 Å². The molecule has 0 spiro atoms. The standard InChI is InChI=1S/C19H19FN2O2/c20-16-11-5-4-10-15(16)18(23)21-17(14-8-2-1-3-9-14)19(24)22-12-6-7-13-22/h1-5,8-11,17H,6-7,12-13H2,(H,21,23)/t17-/m0/s1. The fraction of sp³-hybridized carbons (Fsp3) is 0.263. The molecular weight excluding hydrogens is 307 g/mol. The second-order valence-electron chi connectivity index (χ2n) is 5.83. The number of nitrogens with zero attached hydrogens (tertiary/aromatic N) is 1. The zero-order chi connectivity index (χ0) is 16.9. The third-order valence-corrected chi connectivity index (χ3v) is 4.19. The molecule has 24 heavy (non-hydrogen) atoms. The summed E-state index contributed by atoms with van der Waals surface area (Å²) in [6.07, 6.45) is 1.93. The van der Waals surface area contributed by atoms with Crippen molar-refractivity contribution in [2.75, 3.05) is 13.1 Å². The van der Waals surface area contributed by atoms with E-state index in [1.165, 1.54) is 18.2 Å². The third-order valence-electron chi connectivity index (χ3n) is 4.19. The quantitative estimate of drug-likeness (QED) is 0.939. The zero-order valence-electron chi connectivity index (χ0n) is 13.2. The molecule has 1 N–H and O–H groups in total. The van der Waals surface area contributed by atoms with Crippen LogP contribution >= 0.6 is 0 Å². The molecule has 4 nitrogen and oxygen atoms in total. The minimum absolute atomic E-state index is 0.0624. The summed E-state index contributed by atoms with van der Waals surface area (Å²) in [5.74, 6) is -1.34. The number of benzene rings is 2. The van der Waals surface area contributed by atoms with Crippen molar-refractivity contribution in [2.45, 2.75) is 18.9 Å². The summed E-state index contributed by atoms with van der Waals surface area (Å²) in [5, 5.41) is 2.70. The van der Waals surface area contributed by atoms with Gasteiger partial charge in [0.05, 0.1) is 5.56 Å². The summed E-state index contributed by atoms with van der Waals surface area (Å²) in [4.78, 5) is 27.0. The van der Waals surface area contributed by atoms with Crippen molar-refractivity contribution in [3.05, 3.63) is 71.5 Å². The van der Waals surface area contributed by atoms with E-state index in [-0.39, 0.29) is 11.5 Å². The predicted octanol–water partition coefficient (Wildman–Crippen LogP) is 2.92. The Hall–Kier alpha value is -2.69. The smallest absolute Gasteiger partial charge is 0.255 e. The lowest BCUT2D eigenvalue weighted by Crippen LogP contribution is -2.42. The van der Waals surface area contributed by atoms with Crippen molar-refractivity contribution in [1.82, 2.24) is 10.2 Å². The second-order valence-corrected chi connectivity index (χ2v) is 5.83. The van der Waals surface area contributed by atoms with Gasteiger partial charge in [-0.25, -0.2) is 4.39 Å². The van der Waals surface area contributed by atoms with Crippen molar-refractivity contribution in [3.63, 3.8) is 0 Å². The van der Waals surface area contributed by atoms with Gasteiger partial charge >= 0.3 is 0 Å². The lowest BCUT2D eigenvalue weighted by atomic mass is 10.0. The molecule has 2 aromatic rings. The molecule has 5 heteroatoms. The van der Waals surface area contributed by atoms with Crippen molar-refractivity contribution in [2.24, 2.45) is 0 Å². The van der Waals surface area contributed by atoms with Gasteiger partial charge in [0.15, 0.2) is 0 Å². The Balaban J connectivity index is 1.86. The lowest BCUT2D eigenvalue weighted by Gasteiger charge is -2.24. The molecule has 0 saturated carbocycles. The van der Waals surface area contributed by atoms with Gasteiger partial charge in [-0.1, -0.05) is 42.5 Å². The zero-order valence-corrected chi connectivity index (χ0v) is 13.2.